The number of hydrogen-bond acceptors (Lipinski definition) is 1. The third-order valence-corrected chi connectivity index (χ3v) is 15.8. The molecule has 0 atom stereocenters. The van der Waals surface area contributed by atoms with Gasteiger partial charge in [0.05, 0.1) is 22.1 Å². The molecular formula is C60H41N2OP. The first-order chi connectivity index (χ1) is 31.6. The predicted molar refractivity (Wildman–Crippen MR) is 271 cm³/mol. The van der Waals surface area contributed by atoms with Gasteiger partial charge in [-0.2, -0.15) is 0 Å². The largest absolute Gasteiger partial charge is 0.309 e. The van der Waals surface area contributed by atoms with E-state index in [1.54, 1.807) is 0 Å². The summed E-state index contributed by atoms with van der Waals surface area (Å²) in [5.74, 6) is 0. The zero-order valence-electron chi connectivity index (χ0n) is 34.9. The highest BCUT2D eigenvalue weighted by Gasteiger charge is 2.30. The fraction of sp³-hybridized carbons (Fsp3) is 0. The molecule has 3 nitrogen and oxygen atoms in total. The number of fused-ring (bicyclic) bond motifs is 6. The monoisotopic (exact) mass is 836 g/mol. The molecule has 0 saturated carbocycles. The molecule has 0 unspecified atom stereocenters. The highest BCUT2D eigenvalue weighted by Crippen LogP contribution is 2.44. The molecule has 0 aliphatic rings. The lowest BCUT2D eigenvalue weighted by molar-refractivity contribution is 0.592. The van der Waals surface area contributed by atoms with E-state index < -0.39 is 7.14 Å². The smallest absolute Gasteiger partial charge is 0.171 e. The average molecular weight is 837 g/mol. The summed E-state index contributed by atoms with van der Waals surface area (Å²) >= 11 is 0. The van der Waals surface area contributed by atoms with Crippen molar-refractivity contribution in [3.05, 3.63) is 249 Å². The lowest BCUT2D eigenvalue weighted by atomic mass is 9.92. The van der Waals surface area contributed by atoms with E-state index in [2.05, 4.69) is 191 Å². The maximum absolute atomic E-state index is 15.6. The van der Waals surface area contributed by atoms with Crippen molar-refractivity contribution in [1.82, 2.24) is 9.13 Å². The lowest BCUT2D eigenvalue weighted by Crippen LogP contribution is -2.25. The van der Waals surface area contributed by atoms with Crippen LogP contribution in [0.2, 0.25) is 0 Å². The van der Waals surface area contributed by atoms with Crippen LogP contribution in [-0.2, 0) is 4.57 Å². The number of benzene rings is 10. The maximum atomic E-state index is 15.6. The van der Waals surface area contributed by atoms with Gasteiger partial charge in [-0.05, 0) is 118 Å². The lowest BCUT2D eigenvalue weighted by Gasteiger charge is -2.21. The van der Waals surface area contributed by atoms with Gasteiger partial charge in [-0.15, -0.1) is 0 Å². The molecule has 0 aliphatic heterocycles. The van der Waals surface area contributed by atoms with E-state index in [9.17, 15) is 0 Å². The second-order valence-electron chi connectivity index (χ2n) is 16.5. The molecule has 0 amide bonds. The number of hydrogen-bond donors (Lipinski definition) is 0. The van der Waals surface area contributed by atoms with Crippen molar-refractivity contribution >= 4 is 66.7 Å². The summed E-state index contributed by atoms with van der Waals surface area (Å²) < 4.78 is 20.4. The Morgan fingerprint density at radius 2 is 0.609 bits per heavy atom. The number of aromatic nitrogens is 2. The van der Waals surface area contributed by atoms with Crippen LogP contribution in [-0.4, -0.2) is 9.13 Å². The number of nitrogens with zero attached hydrogens (tertiary/aromatic N) is 2. The Morgan fingerprint density at radius 1 is 0.250 bits per heavy atom. The molecule has 64 heavy (non-hydrogen) atoms. The van der Waals surface area contributed by atoms with Crippen molar-refractivity contribution in [2.24, 2.45) is 0 Å². The van der Waals surface area contributed by atoms with Crippen LogP contribution in [0.25, 0.3) is 88.4 Å². The van der Waals surface area contributed by atoms with Crippen LogP contribution >= 0.6 is 7.14 Å². The van der Waals surface area contributed by atoms with Crippen molar-refractivity contribution in [2.75, 3.05) is 0 Å². The van der Waals surface area contributed by atoms with Crippen molar-refractivity contribution in [3.8, 4) is 44.8 Å². The quantitative estimate of drug-likeness (QED) is 0.140. The topological polar surface area (TPSA) is 26.9 Å². The molecule has 10 aromatic carbocycles. The van der Waals surface area contributed by atoms with Gasteiger partial charge in [-0.25, -0.2) is 0 Å². The normalized spacial score (nSPS) is 11.8. The van der Waals surface area contributed by atoms with Crippen molar-refractivity contribution in [2.45, 2.75) is 0 Å². The summed E-state index contributed by atoms with van der Waals surface area (Å²) in [6, 6.07) is 87.5. The van der Waals surface area contributed by atoms with E-state index in [4.69, 9.17) is 0 Å². The third-order valence-electron chi connectivity index (χ3n) is 12.8. The summed E-state index contributed by atoms with van der Waals surface area (Å²) in [7, 11) is -3.22. The zero-order valence-corrected chi connectivity index (χ0v) is 35.8. The average Bonchev–Trinajstić information content (AvgIpc) is 3.89. The number of para-hydroxylation sites is 4. The fourth-order valence-electron chi connectivity index (χ4n) is 9.75. The van der Waals surface area contributed by atoms with Crippen LogP contribution in [0, 0.1) is 0 Å². The van der Waals surface area contributed by atoms with Gasteiger partial charge in [0, 0.05) is 48.8 Å². The Bertz CT molecular complexity index is 3520. The summed E-state index contributed by atoms with van der Waals surface area (Å²) in [5, 5.41) is 7.27. The van der Waals surface area contributed by atoms with E-state index in [0.717, 1.165) is 71.7 Å². The van der Waals surface area contributed by atoms with Crippen LogP contribution in [0.5, 0.6) is 0 Å². The van der Waals surface area contributed by atoms with Crippen LogP contribution in [0.4, 0.5) is 0 Å². The Labute approximate surface area is 372 Å². The molecule has 12 aromatic rings. The molecule has 4 heteroatoms. The molecule has 2 heterocycles. The summed E-state index contributed by atoms with van der Waals surface area (Å²) in [6.07, 6.45) is 0. The van der Waals surface area contributed by atoms with Gasteiger partial charge in [0.1, 0.15) is 0 Å². The van der Waals surface area contributed by atoms with Gasteiger partial charge in [0.25, 0.3) is 0 Å². The highest BCUT2D eigenvalue weighted by molar-refractivity contribution is 7.85. The minimum absolute atomic E-state index is 0.805. The second-order valence-corrected chi connectivity index (χ2v) is 19.2. The molecule has 302 valence electrons. The van der Waals surface area contributed by atoms with Crippen LogP contribution < -0.4 is 15.9 Å². The molecule has 0 bridgehead atoms. The van der Waals surface area contributed by atoms with Crippen molar-refractivity contribution in [1.29, 1.82) is 0 Å². The molecular weight excluding hydrogens is 796 g/mol. The first kappa shape index (κ1) is 37.8. The molecule has 0 spiro atoms. The van der Waals surface area contributed by atoms with E-state index >= 15 is 4.57 Å². The summed E-state index contributed by atoms with van der Waals surface area (Å²) in [6.45, 7) is 0. The molecule has 12 rings (SSSR count). The molecule has 0 fully saturated rings. The van der Waals surface area contributed by atoms with E-state index in [1.165, 1.54) is 32.6 Å². The van der Waals surface area contributed by atoms with Gasteiger partial charge in [-0.3, -0.25) is 0 Å². The van der Waals surface area contributed by atoms with Crippen LogP contribution in [0.15, 0.2) is 249 Å². The van der Waals surface area contributed by atoms with E-state index in [0.29, 0.717) is 0 Å². The van der Waals surface area contributed by atoms with E-state index in [1.807, 2.05) is 66.7 Å². The highest BCUT2D eigenvalue weighted by atomic mass is 31.2. The maximum Gasteiger partial charge on any atom is 0.171 e. The van der Waals surface area contributed by atoms with Crippen LogP contribution in [0.1, 0.15) is 0 Å². The van der Waals surface area contributed by atoms with Gasteiger partial charge < -0.3 is 13.7 Å². The first-order valence-corrected chi connectivity index (χ1v) is 23.5. The molecule has 0 saturated heterocycles. The Balaban J connectivity index is 1.08. The summed E-state index contributed by atoms with van der Waals surface area (Å²) in [5.41, 5.74) is 13.5. The first-order valence-electron chi connectivity index (χ1n) is 21.8. The van der Waals surface area contributed by atoms with Gasteiger partial charge in [-0.1, -0.05) is 164 Å². The van der Waals surface area contributed by atoms with Crippen molar-refractivity contribution in [3.63, 3.8) is 0 Å². The Hall–Kier alpha value is -7.97. The van der Waals surface area contributed by atoms with E-state index in [-0.39, 0.29) is 0 Å². The zero-order chi connectivity index (χ0) is 42.6. The van der Waals surface area contributed by atoms with Gasteiger partial charge in [0.15, 0.2) is 7.14 Å². The van der Waals surface area contributed by atoms with Gasteiger partial charge >= 0.3 is 0 Å². The summed E-state index contributed by atoms with van der Waals surface area (Å²) in [4.78, 5) is 0. The Morgan fingerprint density at radius 3 is 1.06 bits per heavy atom. The molecule has 2 aromatic heterocycles. The molecule has 0 N–H and O–H groups in total. The Kier molecular flexibility index (Phi) is 9.11. The minimum atomic E-state index is -3.22. The second kappa shape index (κ2) is 15.4. The van der Waals surface area contributed by atoms with Crippen molar-refractivity contribution < 1.29 is 4.57 Å². The standard InChI is InChI=1S/C60H41N2OP/c63-64(50-23-9-3-10-24-50,51-25-11-4-12-26-51)52-27-17-18-42(39-52)45-36-46(43-32-34-59-55(40-43)53-28-13-15-30-57(53)61(59)48-19-5-1-6-20-48)38-47(37-45)44-33-35-60-56(41-44)54-29-14-16-31-58(54)62(60)49-21-7-2-8-22-49/h1-41H. The minimum Gasteiger partial charge on any atom is -0.309 e. The van der Waals surface area contributed by atoms with Gasteiger partial charge in [0.2, 0.25) is 0 Å². The molecule has 0 aliphatic carbocycles. The SMILES string of the molecule is O=P(c1ccccc1)(c1ccccc1)c1cccc(-c2cc(-c3ccc4c(c3)c3ccccc3n4-c3ccccc3)cc(-c3ccc4c(c3)c3ccccc3n4-c3ccccc3)c2)c1. The molecule has 0 radical (unpaired) electrons. The van der Waals surface area contributed by atoms with Crippen LogP contribution in [0.3, 0.4) is 0 Å². The number of rotatable bonds is 8. The fourth-order valence-corrected chi connectivity index (χ4v) is 12.4. The predicted octanol–water partition coefficient (Wildman–Crippen LogP) is 14.5. The third kappa shape index (κ3) is 6.24.